The van der Waals surface area contributed by atoms with Crippen molar-refractivity contribution in [3.05, 3.63) is 29.6 Å². The molecular weight excluding hydrogens is 348 g/mol. The lowest BCUT2D eigenvalue weighted by molar-refractivity contribution is 0.601. The monoisotopic (exact) mass is 364 g/mol. The van der Waals surface area contributed by atoms with E-state index in [1.807, 2.05) is 14.1 Å². The van der Waals surface area contributed by atoms with Gasteiger partial charge in [-0.15, -0.1) is 0 Å². The Bertz CT molecular complexity index is 990. The van der Waals surface area contributed by atoms with Gasteiger partial charge in [-0.2, -0.15) is 8.75 Å². The molecular formula is C14H16N6O2S2. The second-order valence-corrected chi connectivity index (χ2v) is 7.64. The zero-order chi connectivity index (χ0) is 17.5. The Balaban J connectivity index is 2.06. The van der Waals surface area contributed by atoms with Gasteiger partial charge in [0.05, 0.1) is 28.8 Å². The molecule has 0 atom stereocenters. The van der Waals surface area contributed by atoms with Crippen molar-refractivity contribution >= 4 is 44.4 Å². The lowest BCUT2D eigenvalue weighted by atomic mass is 10.3. The van der Waals surface area contributed by atoms with E-state index in [9.17, 15) is 8.42 Å². The summed E-state index contributed by atoms with van der Waals surface area (Å²) in [5.41, 5.74) is 2.39. The first-order valence-electron chi connectivity index (χ1n) is 7.06. The van der Waals surface area contributed by atoms with Gasteiger partial charge in [0.15, 0.2) is 0 Å². The second kappa shape index (κ2) is 5.95. The number of hydrogen-bond donors (Lipinski definition) is 1. The molecule has 2 aromatic heterocycles. The normalized spacial score (nSPS) is 11.7. The van der Waals surface area contributed by atoms with E-state index in [4.69, 9.17) is 0 Å². The van der Waals surface area contributed by atoms with Crippen LogP contribution in [0, 0.1) is 13.8 Å². The van der Waals surface area contributed by atoms with E-state index in [1.54, 1.807) is 30.9 Å². The SMILES string of the molecule is Cc1nc(N(C)C)nc(C)c1NS(=O)(=O)c1cccc2nsnc12. The van der Waals surface area contributed by atoms with Crippen molar-refractivity contribution in [3.8, 4) is 0 Å². The highest BCUT2D eigenvalue weighted by molar-refractivity contribution is 7.93. The number of aryl methyl sites for hydroxylation is 2. The number of fused-ring (bicyclic) bond motifs is 1. The fourth-order valence-corrected chi connectivity index (χ4v) is 4.18. The van der Waals surface area contributed by atoms with Crippen molar-refractivity contribution in [3.63, 3.8) is 0 Å². The third-order valence-electron chi connectivity index (χ3n) is 3.43. The average Bonchev–Trinajstić information content (AvgIpc) is 2.98. The number of aromatic nitrogens is 4. The Morgan fingerprint density at radius 2 is 1.75 bits per heavy atom. The summed E-state index contributed by atoms with van der Waals surface area (Å²) in [6.45, 7) is 3.48. The first-order valence-corrected chi connectivity index (χ1v) is 9.27. The van der Waals surface area contributed by atoms with Crippen LogP contribution in [0.25, 0.3) is 11.0 Å². The van der Waals surface area contributed by atoms with E-state index >= 15 is 0 Å². The maximum Gasteiger partial charge on any atom is 0.264 e. The summed E-state index contributed by atoms with van der Waals surface area (Å²) in [5.74, 6) is 0.527. The van der Waals surface area contributed by atoms with Gasteiger partial charge in [-0.3, -0.25) is 4.72 Å². The standard InChI is InChI=1S/C14H16N6O2S2/c1-8-12(9(2)16-14(15-8)20(3)4)19-24(21,22)11-7-5-6-10-13(11)18-23-17-10/h5-7,19H,1-4H3. The zero-order valence-corrected chi connectivity index (χ0v) is 15.2. The molecule has 126 valence electrons. The number of anilines is 2. The van der Waals surface area contributed by atoms with E-state index in [0.717, 1.165) is 11.7 Å². The molecule has 10 heteroatoms. The molecule has 0 aliphatic heterocycles. The molecule has 0 radical (unpaired) electrons. The molecule has 0 spiro atoms. The molecule has 1 N–H and O–H groups in total. The number of rotatable bonds is 4. The van der Waals surface area contributed by atoms with Gasteiger partial charge in [-0.1, -0.05) is 6.07 Å². The van der Waals surface area contributed by atoms with Crippen molar-refractivity contribution in [1.82, 2.24) is 18.7 Å². The maximum atomic E-state index is 12.8. The van der Waals surface area contributed by atoms with E-state index in [0.29, 0.717) is 34.1 Å². The van der Waals surface area contributed by atoms with Crippen LogP contribution in [0.3, 0.4) is 0 Å². The minimum Gasteiger partial charge on any atom is -0.347 e. The molecule has 8 nitrogen and oxygen atoms in total. The van der Waals surface area contributed by atoms with E-state index in [1.165, 1.54) is 6.07 Å². The Hall–Kier alpha value is -2.33. The largest absolute Gasteiger partial charge is 0.347 e. The Kier molecular flexibility index (Phi) is 4.10. The minimum atomic E-state index is -3.83. The summed E-state index contributed by atoms with van der Waals surface area (Å²) < 4.78 is 36.3. The van der Waals surface area contributed by atoms with Gasteiger partial charge in [0.2, 0.25) is 5.95 Å². The highest BCUT2D eigenvalue weighted by Gasteiger charge is 2.22. The van der Waals surface area contributed by atoms with Crippen LogP contribution in [0.2, 0.25) is 0 Å². The molecule has 0 saturated heterocycles. The maximum absolute atomic E-state index is 12.8. The topological polar surface area (TPSA) is 101 Å². The zero-order valence-electron chi connectivity index (χ0n) is 13.6. The van der Waals surface area contributed by atoms with Gasteiger partial charge < -0.3 is 4.90 Å². The highest BCUT2D eigenvalue weighted by Crippen LogP contribution is 2.26. The van der Waals surface area contributed by atoms with Gasteiger partial charge >= 0.3 is 0 Å². The molecule has 24 heavy (non-hydrogen) atoms. The Labute approximate surface area is 144 Å². The van der Waals surface area contributed by atoms with Crippen LogP contribution >= 0.6 is 11.7 Å². The fraction of sp³-hybridized carbons (Fsp3) is 0.286. The van der Waals surface area contributed by atoms with Crippen LogP contribution in [0.4, 0.5) is 11.6 Å². The van der Waals surface area contributed by atoms with Crippen molar-refractivity contribution in [2.75, 3.05) is 23.7 Å². The van der Waals surface area contributed by atoms with Gasteiger partial charge in [0.25, 0.3) is 10.0 Å². The number of nitrogens with one attached hydrogen (secondary N) is 1. The summed E-state index contributed by atoms with van der Waals surface area (Å²) in [7, 11) is -0.173. The van der Waals surface area contributed by atoms with Crippen LogP contribution in [-0.2, 0) is 10.0 Å². The van der Waals surface area contributed by atoms with Crippen molar-refractivity contribution in [2.24, 2.45) is 0 Å². The molecule has 0 aliphatic rings. The molecule has 0 bridgehead atoms. The minimum absolute atomic E-state index is 0.0873. The molecule has 0 fully saturated rings. The fourth-order valence-electron chi connectivity index (χ4n) is 2.23. The van der Waals surface area contributed by atoms with Crippen molar-refractivity contribution in [2.45, 2.75) is 18.7 Å². The number of benzene rings is 1. The Morgan fingerprint density at radius 3 is 2.38 bits per heavy atom. The first-order chi connectivity index (χ1) is 11.3. The summed E-state index contributed by atoms with van der Waals surface area (Å²) in [5, 5.41) is 0. The van der Waals surface area contributed by atoms with Gasteiger partial charge in [0.1, 0.15) is 15.9 Å². The lowest BCUT2D eigenvalue weighted by Gasteiger charge is -2.16. The molecule has 0 aliphatic carbocycles. The van der Waals surface area contributed by atoms with Gasteiger partial charge in [0, 0.05) is 14.1 Å². The van der Waals surface area contributed by atoms with E-state index in [-0.39, 0.29) is 4.90 Å². The molecule has 1 aromatic carbocycles. The van der Waals surface area contributed by atoms with Gasteiger partial charge in [-0.25, -0.2) is 18.4 Å². The molecule has 0 amide bonds. The quantitative estimate of drug-likeness (QED) is 0.755. The molecule has 3 aromatic rings. The second-order valence-electron chi connectivity index (χ2n) is 5.46. The van der Waals surface area contributed by atoms with Crippen LogP contribution in [0.15, 0.2) is 23.1 Å². The predicted molar refractivity (Wildman–Crippen MR) is 94.1 cm³/mol. The molecule has 0 saturated carbocycles. The lowest BCUT2D eigenvalue weighted by Crippen LogP contribution is -2.19. The summed E-state index contributed by atoms with van der Waals surface area (Å²) in [6, 6.07) is 4.87. The van der Waals surface area contributed by atoms with Crippen molar-refractivity contribution in [1.29, 1.82) is 0 Å². The van der Waals surface area contributed by atoms with Gasteiger partial charge in [-0.05, 0) is 26.0 Å². The molecule has 2 heterocycles. The third-order valence-corrected chi connectivity index (χ3v) is 5.36. The smallest absolute Gasteiger partial charge is 0.264 e. The Morgan fingerprint density at radius 1 is 1.08 bits per heavy atom. The van der Waals surface area contributed by atoms with E-state index in [2.05, 4.69) is 23.4 Å². The summed E-state index contributed by atoms with van der Waals surface area (Å²) in [4.78, 5) is 10.5. The molecule has 0 unspecified atom stereocenters. The van der Waals surface area contributed by atoms with Crippen LogP contribution < -0.4 is 9.62 Å². The summed E-state index contributed by atoms with van der Waals surface area (Å²) in [6.07, 6.45) is 0. The number of sulfonamides is 1. The van der Waals surface area contributed by atoms with E-state index < -0.39 is 10.0 Å². The first kappa shape index (κ1) is 16.5. The van der Waals surface area contributed by atoms with Crippen LogP contribution in [0.1, 0.15) is 11.4 Å². The number of hydrogen-bond acceptors (Lipinski definition) is 8. The number of nitrogens with zero attached hydrogens (tertiary/aromatic N) is 5. The van der Waals surface area contributed by atoms with Crippen LogP contribution in [-0.4, -0.2) is 41.2 Å². The third kappa shape index (κ3) is 2.89. The average molecular weight is 364 g/mol. The predicted octanol–water partition coefficient (Wildman–Crippen LogP) is 1.96. The molecule has 3 rings (SSSR count). The highest BCUT2D eigenvalue weighted by atomic mass is 32.2. The van der Waals surface area contributed by atoms with Crippen LogP contribution in [0.5, 0.6) is 0 Å². The van der Waals surface area contributed by atoms with Crippen molar-refractivity contribution < 1.29 is 8.42 Å². The summed E-state index contributed by atoms with van der Waals surface area (Å²) >= 11 is 0.978.